The topological polar surface area (TPSA) is 77.0 Å². The molecule has 1 unspecified atom stereocenters. The third-order valence-corrected chi connectivity index (χ3v) is 3.91. The smallest absolute Gasteiger partial charge is 0.235 e. The minimum atomic E-state index is -0.366. The van der Waals surface area contributed by atoms with E-state index >= 15 is 0 Å². The second kappa shape index (κ2) is 6.57. The zero-order valence-electron chi connectivity index (χ0n) is 11.7. The number of nitrogen functional groups attached to an aromatic ring is 1. The molecule has 2 rings (SSSR count). The van der Waals surface area contributed by atoms with Crippen LogP contribution in [-0.4, -0.2) is 38.0 Å². The van der Waals surface area contributed by atoms with Crippen molar-refractivity contribution >= 4 is 17.7 Å². The molecule has 1 aromatic heterocycles. The lowest BCUT2D eigenvalue weighted by Gasteiger charge is -2.20. The Hall–Kier alpha value is -2.09. The third-order valence-electron chi connectivity index (χ3n) is 2.86. The number of nitrogens with two attached hydrogens (primary N) is 1. The van der Waals surface area contributed by atoms with Crippen LogP contribution >= 0.6 is 11.8 Å². The quantitative estimate of drug-likeness (QED) is 0.665. The van der Waals surface area contributed by atoms with Crippen LogP contribution in [-0.2, 0) is 11.3 Å². The second-order valence-corrected chi connectivity index (χ2v) is 5.91. The summed E-state index contributed by atoms with van der Waals surface area (Å²) in [5.74, 6) is 5.21. The van der Waals surface area contributed by atoms with Gasteiger partial charge in [0.1, 0.15) is 12.1 Å². The van der Waals surface area contributed by atoms with Crippen molar-refractivity contribution in [3.8, 4) is 0 Å². The van der Waals surface area contributed by atoms with Crippen LogP contribution in [0.1, 0.15) is 12.5 Å². The number of carbonyl (C=O) groups is 1. The lowest BCUT2D eigenvalue weighted by Crippen LogP contribution is -2.33. The van der Waals surface area contributed by atoms with Crippen molar-refractivity contribution in [2.75, 3.05) is 12.9 Å². The Morgan fingerprint density at radius 3 is 2.95 bits per heavy atom. The van der Waals surface area contributed by atoms with Gasteiger partial charge in [0.2, 0.25) is 11.1 Å². The number of carbonyl (C=O) groups excluding carboxylic acids is 1. The van der Waals surface area contributed by atoms with E-state index < -0.39 is 0 Å². The van der Waals surface area contributed by atoms with E-state index in [1.165, 1.54) is 34.9 Å². The van der Waals surface area contributed by atoms with Crippen LogP contribution in [0.15, 0.2) is 35.7 Å². The van der Waals surface area contributed by atoms with Crippen molar-refractivity contribution in [3.05, 3.63) is 42.0 Å². The number of hydrogen-bond acceptors (Lipinski definition) is 5. The summed E-state index contributed by atoms with van der Waals surface area (Å²) in [7, 11) is 1.68. The number of benzene rings is 1. The molecule has 0 saturated carbocycles. The highest BCUT2D eigenvalue weighted by Crippen LogP contribution is 2.21. The van der Waals surface area contributed by atoms with E-state index in [4.69, 9.17) is 5.84 Å². The van der Waals surface area contributed by atoms with E-state index in [-0.39, 0.29) is 17.0 Å². The van der Waals surface area contributed by atoms with Crippen molar-refractivity contribution in [2.24, 2.45) is 0 Å². The standard InChI is InChI=1S/C13H16FN5OS/c1-9(21-13-17-16-8-19(13)15)12(20)18(2)7-10-4-3-5-11(14)6-10/h3-6,8-9H,7,15H2,1-2H3. The zero-order valence-corrected chi connectivity index (χ0v) is 12.5. The molecule has 0 saturated heterocycles. The number of aromatic nitrogens is 3. The number of rotatable bonds is 5. The van der Waals surface area contributed by atoms with Crippen molar-refractivity contribution in [1.29, 1.82) is 0 Å². The van der Waals surface area contributed by atoms with Gasteiger partial charge < -0.3 is 10.7 Å². The molecule has 1 aromatic carbocycles. The van der Waals surface area contributed by atoms with Crippen LogP contribution in [0, 0.1) is 5.82 Å². The first-order valence-corrected chi connectivity index (χ1v) is 7.16. The van der Waals surface area contributed by atoms with E-state index in [1.807, 2.05) is 0 Å². The van der Waals surface area contributed by atoms with Crippen LogP contribution in [0.25, 0.3) is 0 Å². The van der Waals surface area contributed by atoms with Crippen LogP contribution in [0.3, 0.4) is 0 Å². The molecule has 1 amide bonds. The molecule has 0 aliphatic carbocycles. The lowest BCUT2D eigenvalue weighted by atomic mass is 10.2. The first-order chi connectivity index (χ1) is 9.97. The summed E-state index contributed by atoms with van der Waals surface area (Å²) in [4.78, 5) is 13.8. The Morgan fingerprint density at radius 2 is 2.33 bits per heavy atom. The molecule has 0 spiro atoms. The van der Waals surface area contributed by atoms with Gasteiger partial charge in [-0.2, -0.15) is 0 Å². The molecule has 6 nitrogen and oxygen atoms in total. The van der Waals surface area contributed by atoms with Gasteiger partial charge in [-0.3, -0.25) is 4.79 Å². The van der Waals surface area contributed by atoms with Crippen molar-refractivity contribution in [2.45, 2.75) is 23.9 Å². The third kappa shape index (κ3) is 3.94. The molecule has 8 heteroatoms. The summed E-state index contributed by atoms with van der Waals surface area (Å²) in [5.41, 5.74) is 0.741. The number of thioether (sulfide) groups is 1. The Kier molecular flexibility index (Phi) is 4.79. The Bertz CT molecular complexity index is 633. The number of amides is 1. The van der Waals surface area contributed by atoms with Gasteiger partial charge >= 0.3 is 0 Å². The molecule has 0 fully saturated rings. The molecular weight excluding hydrogens is 293 g/mol. The van der Waals surface area contributed by atoms with Gasteiger partial charge in [-0.05, 0) is 24.6 Å². The molecular formula is C13H16FN5OS. The van der Waals surface area contributed by atoms with Crippen LogP contribution < -0.4 is 5.84 Å². The van der Waals surface area contributed by atoms with Gasteiger partial charge in [-0.25, -0.2) is 9.07 Å². The average molecular weight is 309 g/mol. The van der Waals surface area contributed by atoms with Crippen LogP contribution in [0.4, 0.5) is 4.39 Å². The van der Waals surface area contributed by atoms with Gasteiger partial charge in [0.05, 0.1) is 5.25 Å². The van der Waals surface area contributed by atoms with E-state index in [1.54, 1.807) is 31.0 Å². The highest BCUT2D eigenvalue weighted by Gasteiger charge is 2.21. The normalized spacial score (nSPS) is 12.1. The van der Waals surface area contributed by atoms with Gasteiger partial charge in [-0.1, -0.05) is 23.9 Å². The van der Waals surface area contributed by atoms with Gasteiger partial charge in [0.25, 0.3) is 0 Å². The molecule has 1 atom stereocenters. The first-order valence-electron chi connectivity index (χ1n) is 6.28. The van der Waals surface area contributed by atoms with Crippen LogP contribution in [0.5, 0.6) is 0 Å². The second-order valence-electron chi connectivity index (χ2n) is 4.61. The maximum atomic E-state index is 13.1. The first kappa shape index (κ1) is 15.3. The van der Waals surface area contributed by atoms with E-state index in [9.17, 15) is 9.18 Å². The summed E-state index contributed by atoms with van der Waals surface area (Å²) in [5, 5.41) is 7.58. The lowest BCUT2D eigenvalue weighted by molar-refractivity contribution is -0.129. The Balaban J connectivity index is 1.97. The van der Waals surface area contributed by atoms with E-state index in [2.05, 4.69) is 10.2 Å². The van der Waals surface area contributed by atoms with Crippen LogP contribution in [0.2, 0.25) is 0 Å². The molecule has 0 aliphatic rings. The summed E-state index contributed by atoms with van der Waals surface area (Å²) in [6.45, 7) is 2.11. The van der Waals surface area contributed by atoms with Gasteiger partial charge in [-0.15, -0.1) is 10.2 Å². The Morgan fingerprint density at radius 1 is 1.57 bits per heavy atom. The maximum absolute atomic E-state index is 13.1. The van der Waals surface area contributed by atoms with E-state index in [0.717, 1.165) is 5.56 Å². The molecule has 21 heavy (non-hydrogen) atoms. The monoisotopic (exact) mass is 309 g/mol. The molecule has 2 N–H and O–H groups in total. The minimum absolute atomic E-state index is 0.0905. The largest absolute Gasteiger partial charge is 0.340 e. The van der Waals surface area contributed by atoms with E-state index in [0.29, 0.717) is 11.7 Å². The highest BCUT2D eigenvalue weighted by atomic mass is 32.2. The fraction of sp³-hybridized carbons (Fsp3) is 0.308. The fourth-order valence-electron chi connectivity index (χ4n) is 1.82. The predicted octanol–water partition coefficient (Wildman–Crippen LogP) is 1.27. The fourth-order valence-corrected chi connectivity index (χ4v) is 2.68. The SMILES string of the molecule is CC(Sc1nncn1N)C(=O)N(C)Cc1cccc(F)c1. The van der Waals surface area contributed by atoms with Gasteiger partial charge in [0, 0.05) is 13.6 Å². The van der Waals surface area contributed by atoms with Crippen molar-refractivity contribution < 1.29 is 9.18 Å². The molecule has 0 bridgehead atoms. The predicted molar refractivity (Wildman–Crippen MR) is 78.4 cm³/mol. The number of nitrogens with zero attached hydrogens (tertiary/aromatic N) is 4. The summed E-state index contributed by atoms with van der Waals surface area (Å²) in [6, 6.07) is 6.19. The summed E-state index contributed by atoms with van der Waals surface area (Å²) < 4.78 is 14.4. The molecule has 0 aliphatic heterocycles. The molecule has 2 aromatic rings. The van der Waals surface area contributed by atoms with Gasteiger partial charge in [0.15, 0.2) is 0 Å². The zero-order chi connectivity index (χ0) is 15.4. The maximum Gasteiger partial charge on any atom is 0.235 e. The number of hydrogen-bond donors (Lipinski definition) is 1. The Labute approximate surface area is 126 Å². The minimum Gasteiger partial charge on any atom is -0.340 e. The van der Waals surface area contributed by atoms with Crippen molar-refractivity contribution in [1.82, 2.24) is 19.8 Å². The molecule has 112 valence electrons. The number of halogens is 1. The summed E-state index contributed by atoms with van der Waals surface area (Å²) in [6.07, 6.45) is 1.37. The average Bonchev–Trinajstić information content (AvgIpc) is 2.83. The molecule has 1 heterocycles. The van der Waals surface area contributed by atoms with Crippen molar-refractivity contribution in [3.63, 3.8) is 0 Å². The highest BCUT2D eigenvalue weighted by molar-refractivity contribution is 8.00. The summed E-state index contributed by atoms with van der Waals surface area (Å²) >= 11 is 1.23. The molecule has 0 radical (unpaired) electrons.